The zero-order valence-corrected chi connectivity index (χ0v) is 10.3. The standard InChI is InChI=1S/C14H10F2N4/c15-9-4-2-5-10(16)13(9)20-7-19-12-8(14(17)18)3-1-6-11(12)20/h1-7H,(H3,17,18). The second kappa shape index (κ2) is 4.41. The van der Waals surface area contributed by atoms with E-state index in [0.29, 0.717) is 16.6 Å². The summed E-state index contributed by atoms with van der Waals surface area (Å²) in [5.41, 5.74) is 6.62. The van der Waals surface area contributed by atoms with E-state index in [1.54, 1.807) is 18.2 Å². The van der Waals surface area contributed by atoms with Crippen LogP contribution >= 0.6 is 0 Å². The number of fused-ring (bicyclic) bond motifs is 1. The Morgan fingerprint density at radius 2 is 1.75 bits per heavy atom. The summed E-state index contributed by atoms with van der Waals surface area (Å²) >= 11 is 0. The Hall–Kier alpha value is -2.76. The normalized spacial score (nSPS) is 10.9. The second-order valence-corrected chi connectivity index (χ2v) is 4.27. The molecule has 0 amide bonds. The van der Waals surface area contributed by atoms with Gasteiger partial charge < -0.3 is 5.73 Å². The van der Waals surface area contributed by atoms with Crippen molar-refractivity contribution in [2.45, 2.75) is 0 Å². The van der Waals surface area contributed by atoms with Gasteiger partial charge in [-0.2, -0.15) is 0 Å². The van der Waals surface area contributed by atoms with Crippen LogP contribution in [-0.4, -0.2) is 15.4 Å². The number of rotatable bonds is 2. The van der Waals surface area contributed by atoms with Gasteiger partial charge in [-0.3, -0.25) is 9.98 Å². The minimum atomic E-state index is -0.683. The summed E-state index contributed by atoms with van der Waals surface area (Å²) in [7, 11) is 0. The van der Waals surface area contributed by atoms with Gasteiger partial charge in [0.2, 0.25) is 0 Å². The van der Waals surface area contributed by atoms with Crippen LogP contribution in [0.2, 0.25) is 0 Å². The molecule has 0 saturated carbocycles. The molecule has 6 heteroatoms. The number of para-hydroxylation sites is 2. The fourth-order valence-electron chi connectivity index (χ4n) is 2.15. The van der Waals surface area contributed by atoms with Gasteiger partial charge in [0.25, 0.3) is 0 Å². The topological polar surface area (TPSA) is 67.7 Å². The minimum absolute atomic E-state index is 0.144. The summed E-state index contributed by atoms with van der Waals surface area (Å²) in [6, 6.07) is 8.63. The van der Waals surface area contributed by atoms with Gasteiger partial charge in [-0.15, -0.1) is 0 Å². The molecular formula is C14H10F2N4. The third kappa shape index (κ3) is 1.73. The van der Waals surface area contributed by atoms with Gasteiger partial charge in [0.1, 0.15) is 29.5 Å². The first-order valence-corrected chi connectivity index (χ1v) is 5.84. The molecule has 3 N–H and O–H groups in total. The Morgan fingerprint density at radius 1 is 1.10 bits per heavy atom. The number of nitrogens with one attached hydrogen (secondary N) is 1. The van der Waals surface area contributed by atoms with E-state index < -0.39 is 11.6 Å². The van der Waals surface area contributed by atoms with Crippen LogP contribution in [0.15, 0.2) is 42.7 Å². The molecule has 1 aromatic heterocycles. The minimum Gasteiger partial charge on any atom is -0.384 e. The van der Waals surface area contributed by atoms with Gasteiger partial charge in [-0.1, -0.05) is 12.1 Å². The summed E-state index contributed by atoms with van der Waals surface area (Å²) in [5.74, 6) is -1.51. The zero-order chi connectivity index (χ0) is 14.3. The maximum Gasteiger partial charge on any atom is 0.150 e. The molecule has 0 unspecified atom stereocenters. The molecule has 100 valence electrons. The van der Waals surface area contributed by atoms with Gasteiger partial charge in [0, 0.05) is 5.56 Å². The van der Waals surface area contributed by atoms with Gasteiger partial charge in [-0.05, 0) is 24.3 Å². The second-order valence-electron chi connectivity index (χ2n) is 4.27. The Bertz CT molecular complexity index is 803. The predicted octanol–water partition coefficient (Wildman–Crippen LogP) is 2.59. The number of imidazole rings is 1. The van der Waals surface area contributed by atoms with Crippen molar-refractivity contribution in [3.63, 3.8) is 0 Å². The molecule has 0 aliphatic heterocycles. The Labute approximate surface area is 113 Å². The molecule has 20 heavy (non-hydrogen) atoms. The van der Waals surface area contributed by atoms with Crippen molar-refractivity contribution in [1.82, 2.24) is 9.55 Å². The van der Waals surface area contributed by atoms with E-state index in [1.807, 2.05) is 0 Å². The van der Waals surface area contributed by atoms with Crippen molar-refractivity contribution in [1.29, 1.82) is 5.41 Å². The summed E-state index contributed by atoms with van der Waals surface area (Å²) < 4.78 is 29.0. The lowest BCUT2D eigenvalue weighted by atomic mass is 10.1. The van der Waals surface area contributed by atoms with Crippen LogP contribution in [0, 0.1) is 17.0 Å². The van der Waals surface area contributed by atoms with E-state index in [-0.39, 0.29) is 11.5 Å². The predicted molar refractivity (Wildman–Crippen MR) is 72.0 cm³/mol. The van der Waals surface area contributed by atoms with Crippen LogP contribution in [-0.2, 0) is 0 Å². The van der Waals surface area contributed by atoms with Crippen LogP contribution < -0.4 is 5.73 Å². The number of nitrogens with two attached hydrogens (primary N) is 1. The Kier molecular flexibility index (Phi) is 2.71. The van der Waals surface area contributed by atoms with E-state index in [0.717, 1.165) is 0 Å². The number of halogens is 2. The first kappa shape index (κ1) is 12.3. The van der Waals surface area contributed by atoms with Crippen molar-refractivity contribution in [3.05, 3.63) is 59.9 Å². The number of hydrogen-bond donors (Lipinski definition) is 2. The summed E-state index contributed by atoms with van der Waals surface area (Å²) in [6.45, 7) is 0. The average Bonchev–Trinajstić information content (AvgIpc) is 2.82. The molecule has 2 aromatic carbocycles. The maximum atomic E-state index is 13.8. The maximum absolute atomic E-state index is 13.8. The molecule has 4 nitrogen and oxygen atoms in total. The first-order valence-electron chi connectivity index (χ1n) is 5.84. The average molecular weight is 272 g/mol. The van der Waals surface area contributed by atoms with Crippen LogP contribution in [0.25, 0.3) is 16.7 Å². The highest BCUT2D eigenvalue weighted by Crippen LogP contribution is 2.24. The lowest BCUT2D eigenvalue weighted by Crippen LogP contribution is -2.11. The van der Waals surface area contributed by atoms with Gasteiger partial charge in [0.15, 0.2) is 0 Å². The third-order valence-electron chi connectivity index (χ3n) is 3.05. The van der Waals surface area contributed by atoms with Crippen LogP contribution in [0.1, 0.15) is 5.56 Å². The van der Waals surface area contributed by atoms with E-state index in [9.17, 15) is 8.78 Å². The Balaban J connectivity index is 2.34. The zero-order valence-electron chi connectivity index (χ0n) is 10.3. The number of amidine groups is 1. The van der Waals surface area contributed by atoms with Gasteiger partial charge in [0.05, 0.1) is 11.0 Å². The molecule has 0 saturated heterocycles. The number of hydrogen-bond acceptors (Lipinski definition) is 2. The van der Waals surface area contributed by atoms with Crippen LogP contribution in [0.5, 0.6) is 0 Å². The van der Waals surface area contributed by atoms with Crippen molar-refractivity contribution in [3.8, 4) is 5.69 Å². The molecule has 0 aliphatic rings. The quantitative estimate of drug-likeness (QED) is 0.556. The van der Waals surface area contributed by atoms with Gasteiger partial charge in [-0.25, -0.2) is 13.8 Å². The van der Waals surface area contributed by atoms with Crippen LogP contribution in [0.4, 0.5) is 8.78 Å². The fraction of sp³-hybridized carbons (Fsp3) is 0. The SMILES string of the molecule is N=C(N)c1cccc2c1ncn2-c1c(F)cccc1F. The number of benzene rings is 2. The third-order valence-corrected chi connectivity index (χ3v) is 3.05. The highest BCUT2D eigenvalue weighted by atomic mass is 19.1. The van der Waals surface area contributed by atoms with Crippen molar-refractivity contribution in [2.75, 3.05) is 0 Å². The van der Waals surface area contributed by atoms with Crippen molar-refractivity contribution < 1.29 is 8.78 Å². The highest BCUT2D eigenvalue weighted by Gasteiger charge is 2.15. The molecule has 0 atom stereocenters. The van der Waals surface area contributed by atoms with E-state index in [2.05, 4.69) is 4.98 Å². The van der Waals surface area contributed by atoms with Gasteiger partial charge >= 0.3 is 0 Å². The molecular weight excluding hydrogens is 262 g/mol. The van der Waals surface area contributed by atoms with Crippen molar-refractivity contribution in [2.24, 2.45) is 5.73 Å². The fourth-order valence-corrected chi connectivity index (χ4v) is 2.15. The first-order chi connectivity index (χ1) is 9.59. The Morgan fingerprint density at radius 3 is 2.40 bits per heavy atom. The molecule has 3 aromatic rings. The lowest BCUT2D eigenvalue weighted by Gasteiger charge is -2.07. The van der Waals surface area contributed by atoms with E-state index in [1.165, 1.54) is 29.1 Å². The monoisotopic (exact) mass is 272 g/mol. The van der Waals surface area contributed by atoms with Crippen LogP contribution in [0.3, 0.4) is 0 Å². The van der Waals surface area contributed by atoms with E-state index >= 15 is 0 Å². The molecule has 0 bridgehead atoms. The molecule has 0 spiro atoms. The summed E-state index contributed by atoms with van der Waals surface area (Å²) in [5, 5.41) is 7.50. The molecule has 0 aliphatic carbocycles. The molecule has 3 rings (SSSR count). The number of nitrogens with zero attached hydrogens (tertiary/aromatic N) is 2. The van der Waals surface area contributed by atoms with E-state index in [4.69, 9.17) is 11.1 Å². The number of nitrogen functional groups attached to an aromatic ring is 1. The van der Waals surface area contributed by atoms with Crippen molar-refractivity contribution >= 4 is 16.9 Å². The smallest absolute Gasteiger partial charge is 0.150 e. The summed E-state index contributed by atoms with van der Waals surface area (Å²) in [4.78, 5) is 4.11. The molecule has 1 heterocycles. The highest BCUT2D eigenvalue weighted by molar-refractivity contribution is 6.05. The largest absolute Gasteiger partial charge is 0.384 e. The lowest BCUT2D eigenvalue weighted by molar-refractivity contribution is 0.571. The molecule has 0 fully saturated rings. The summed E-state index contributed by atoms with van der Waals surface area (Å²) in [6.07, 6.45) is 1.32. The molecule has 0 radical (unpaired) electrons. The number of aromatic nitrogens is 2.